The van der Waals surface area contributed by atoms with Crippen LogP contribution in [-0.2, 0) is 6.42 Å². The number of carbonyl (C=O) groups excluding carboxylic acids is 1. The van der Waals surface area contributed by atoms with E-state index in [1.807, 2.05) is 0 Å². The lowest BCUT2D eigenvalue weighted by atomic mass is 10.3. The van der Waals surface area contributed by atoms with Gasteiger partial charge in [-0.1, -0.05) is 0 Å². The van der Waals surface area contributed by atoms with Crippen molar-refractivity contribution in [2.24, 2.45) is 5.84 Å². The van der Waals surface area contributed by atoms with Crippen molar-refractivity contribution in [2.45, 2.75) is 13.3 Å². The fourth-order valence-corrected chi connectivity index (χ4v) is 2.57. The molecule has 0 spiro atoms. The zero-order valence-corrected chi connectivity index (χ0v) is 11.7. The van der Waals surface area contributed by atoms with Crippen LogP contribution in [-0.4, -0.2) is 17.5 Å². The van der Waals surface area contributed by atoms with Crippen LogP contribution in [0.4, 0.5) is 4.39 Å². The second-order valence-corrected chi connectivity index (χ2v) is 5.13. The molecule has 0 saturated heterocycles. The SMILES string of the molecule is Cc1nc(CCOc2ccc(F)cc2)sc1C(=O)NN. The number of amides is 1. The summed E-state index contributed by atoms with van der Waals surface area (Å²) in [5, 5.41) is 0.795. The lowest BCUT2D eigenvalue weighted by molar-refractivity contribution is 0.0957. The number of halogens is 1. The van der Waals surface area contributed by atoms with Crippen LogP contribution in [0.1, 0.15) is 20.4 Å². The van der Waals surface area contributed by atoms with E-state index in [0.29, 0.717) is 29.3 Å². The number of carbonyl (C=O) groups is 1. The molecule has 0 aliphatic heterocycles. The van der Waals surface area contributed by atoms with Gasteiger partial charge in [0.25, 0.3) is 5.91 Å². The number of hydrogen-bond acceptors (Lipinski definition) is 5. The molecule has 1 aromatic heterocycles. The molecule has 0 unspecified atom stereocenters. The second kappa shape index (κ2) is 6.44. The molecule has 20 heavy (non-hydrogen) atoms. The van der Waals surface area contributed by atoms with Gasteiger partial charge in [-0.3, -0.25) is 10.2 Å². The molecule has 0 fully saturated rings. The van der Waals surface area contributed by atoms with Crippen LogP contribution in [0.15, 0.2) is 24.3 Å². The number of nitrogens with two attached hydrogens (primary N) is 1. The first-order valence-corrected chi connectivity index (χ1v) is 6.77. The predicted octanol–water partition coefficient (Wildman–Crippen LogP) is 1.82. The Morgan fingerprint density at radius 3 is 2.80 bits per heavy atom. The summed E-state index contributed by atoms with van der Waals surface area (Å²) in [5.41, 5.74) is 2.74. The number of benzene rings is 1. The summed E-state index contributed by atoms with van der Waals surface area (Å²) in [5.74, 6) is 5.05. The molecular weight excluding hydrogens is 281 g/mol. The third kappa shape index (κ3) is 3.52. The zero-order valence-electron chi connectivity index (χ0n) is 10.9. The molecule has 7 heteroatoms. The van der Waals surface area contributed by atoms with Crippen molar-refractivity contribution in [1.82, 2.24) is 10.4 Å². The highest BCUT2D eigenvalue weighted by Gasteiger charge is 2.13. The molecule has 0 atom stereocenters. The number of aromatic nitrogens is 1. The van der Waals surface area contributed by atoms with E-state index in [-0.39, 0.29) is 11.7 Å². The van der Waals surface area contributed by atoms with Gasteiger partial charge in [-0.2, -0.15) is 0 Å². The highest BCUT2D eigenvalue weighted by atomic mass is 32.1. The Morgan fingerprint density at radius 2 is 2.15 bits per heavy atom. The van der Waals surface area contributed by atoms with Gasteiger partial charge in [0.1, 0.15) is 16.4 Å². The van der Waals surface area contributed by atoms with E-state index in [9.17, 15) is 9.18 Å². The Hall–Kier alpha value is -1.99. The molecule has 3 N–H and O–H groups in total. The smallest absolute Gasteiger partial charge is 0.277 e. The van der Waals surface area contributed by atoms with E-state index in [2.05, 4.69) is 10.4 Å². The van der Waals surface area contributed by atoms with Crippen molar-refractivity contribution in [3.8, 4) is 5.75 Å². The van der Waals surface area contributed by atoms with Crippen molar-refractivity contribution < 1.29 is 13.9 Å². The number of nitrogen functional groups attached to an aromatic ring is 1. The molecule has 0 aliphatic carbocycles. The summed E-state index contributed by atoms with van der Waals surface area (Å²) in [6.45, 7) is 2.16. The summed E-state index contributed by atoms with van der Waals surface area (Å²) < 4.78 is 18.2. The van der Waals surface area contributed by atoms with E-state index < -0.39 is 0 Å². The number of thiazole rings is 1. The minimum absolute atomic E-state index is 0.301. The topological polar surface area (TPSA) is 77.2 Å². The maximum atomic E-state index is 12.7. The number of nitrogens with zero attached hydrogens (tertiary/aromatic N) is 1. The first kappa shape index (κ1) is 14.4. The van der Waals surface area contributed by atoms with Gasteiger partial charge in [-0.15, -0.1) is 11.3 Å². The number of hydrazine groups is 1. The summed E-state index contributed by atoms with van der Waals surface area (Å²) >= 11 is 1.29. The van der Waals surface area contributed by atoms with Gasteiger partial charge in [-0.25, -0.2) is 15.2 Å². The van der Waals surface area contributed by atoms with Crippen LogP contribution in [0.3, 0.4) is 0 Å². The third-order valence-corrected chi connectivity index (χ3v) is 3.79. The number of hydrogen-bond donors (Lipinski definition) is 2. The monoisotopic (exact) mass is 295 g/mol. The summed E-state index contributed by atoms with van der Waals surface area (Å²) in [4.78, 5) is 16.2. The van der Waals surface area contributed by atoms with Gasteiger partial charge in [0.05, 0.1) is 17.3 Å². The Bertz CT molecular complexity index is 598. The maximum absolute atomic E-state index is 12.7. The third-order valence-electron chi connectivity index (χ3n) is 2.58. The lowest BCUT2D eigenvalue weighted by Crippen LogP contribution is -2.29. The van der Waals surface area contributed by atoms with E-state index in [1.165, 1.54) is 23.5 Å². The van der Waals surface area contributed by atoms with Crippen LogP contribution in [0.5, 0.6) is 5.75 Å². The highest BCUT2D eigenvalue weighted by molar-refractivity contribution is 7.13. The van der Waals surface area contributed by atoms with Crippen molar-refractivity contribution in [1.29, 1.82) is 0 Å². The fourth-order valence-electron chi connectivity index (χ4n) is 1.62. The molecule has 0 bridgehead atoms. The number of rotatable bonds is 5. The van der Waals surface area contributed by atoms with Gasteiger partial charge in [-0.05, 0) is 31.2 Å². The van der Waals surface area contributed by atoms with E-state index >= 15 is 0 Å². The molecule has 106 valence electrons. The summed E-state index contributed by atoms with van der Waals surface area (Å²) in [7, 11) is 0. The first-order valence-electron chi connectivity index (χ1n) is 5.95. The van der Waals surface area contributed by atoms with Crippen LogP contribution in [0.25, 0.3) is 0 Å². The molecule has 1 heterocycles. The summed E-state index contributed by atoms with van der Waals surface area (Å²) in [6, 6.07) is 5.81. The van der Waals surface area contributed by atoms with Crippen LogP contribution < -0.4 is 16.0 Å². The van der Waals surface area contributed by atoms with Crippen molar-refractivity contribution in [3.05, 3.63) is 45.7 Å². The molecular formula is C13H14FN3O2S. The van der Waals surface area contributed by atoms with Gasteiger partial charge >= 0.3 is 0 Å². The minimum Gasteiger partial charge on any atom is -0.493 e. The van der Waals surface area contributed by atoms with Gasteiger partial charge in [0, 0.05) is 6.42 Å². The standard InChI is InChI=1S/C13H14FN3O2S/c1-8-12(13(18)17-15)20-11(16-8)6-7-19-10-4-2-9(14)3-5-10/h2-5H,6-7,15H2,1H3,(H,17,18). The van der Waals surface area contributed by atoms with E-state index in [4.69, 9.17) is 10.6 Å². The quantitative estimate of drug-likeness (QED) is 0.501. The van der Waals surface area contributed by atoms with Crippen LogP contribution >= 0.6 is 11.3 Å². The Morgan fingerprint density at radius 1 is 1.45 bits per heavy atom. The second-order valence-electron chi connectivity index (χ2n) is 4.05. The normalized spacial score (nSPS) is 10.3. The molecule has 2 aromatic rings. The highest BCUT2D eigenvalue weighted by Crippen LogP contribution is 2.19. The Balaban J connectivity index is 1.91. The number of ether oxygens (including phenoxy) is 1. The number of nitrogens with one attached hydrogen (secondary N) is 1. The molecule has 2 rings (SSSR count). The molecule has 1 amide bonds. The van der Waals surface area contributed by atoms with Crippen LogP contribution in [0.2, 0.25) is 0 Å². The van der Waals surface area contributed by atoms with Gasteiger partial charge in [0.15, 0.2) is 0 Å². The molecule has 0 saturated carbocycles. The van der Waals surface area contributed by atoms with E-state index in [0.717, 1.165) is 5.01 Å². The number of aryl methyl sites for hydroxylation is 1. The largest absolute Gasteiger partial charge is 0.493 e. The van der Waals surface area contributed by atoms with Crippen molar-refractivity contribution >= 4 is 17.2 Å². The average molecular weight is 295 g/mol. The molecule has 5 nitrogen and oxygen atoms in total. The Labute approximate surface area is 119 Å². The average Bonchev–Trinajstić information content (AvgIpc) is 2.81. The van der Waals surface area contributed by atoms with Crippen LogP contribution in [0, 0.1) is 12.7 Å². The first-order chi connectivity index (χ1) is 9.60. The Kier molecular flexibility index (Phi) is 4.65. The van der Waals surface area contributed by atoms with Crippen molar-refractivity contribution in [3.63, 3.8) is 0 Å². The maximum Gasteiger partial charge on any atom is 0.277 e. The predicted molar refractivity (Wildman–Crippen MR) is 74.1 cm³/mol. The molecule has 0 radical (unpaired) electrons. The molecule has 1 aromatic carbocycles. The lowest BCUT2D eigenvalue weighted by Gasteiger charge is -2.04. The van der Waals surface area contributed by atoms with Gasteiger partial charge < -0.3 is 4.74 Å². The summed E-state index contributed by atoms with van der Waals surface area (Å²) in [6.07, 6.45) is 0.570. The molecule has 0 aliphatic rings. The fraction of sp³-hybridized carbons (Fsp3) is 0.231. The zero-order chi connectivity index (χ0) is 14.5. The van der Waals surface area contributed by atoms with Gasteiger partial charge in [0.2, 0.25) is 0 Å². The van der Waals surface area contributed by atoms with E-state index in [1.54, 1.807) is 19.1 Å². The van der Waals surface area contributed by atoms with Crippen molar-refractivity contribution in [2.75, 3.05) is 6.61 Å². The minimum atomic E-state index is -0.342.